The Balaban J connectivity index is 1.22. The van der Waals surface area contributed by atoms with E-state index in [-0.39, 0.29) is 0 Å². The van der Waals surface area contributed by atoms with Gasteiger partial charge in [0.25, 0.3) is 0 Å². The predicted molar refractivity (Wildman–Crippen MR) is 142 cm³/mol. The summed E-state index contributed by atoms with van der Waals surface area (Å²) >= 11 is 9.89. The molecule has 33 heavy (non-hydrogen) atoms. The second-order valence-electron chi connectivity index (χ2n) is 7.98. The van der Waals surface area contributed by atoms with E-state index in [2.05, 4.69) is 65.1 Å². The minimum atomic E-state index is -0.630. The third-order valence-electron chi connectivity index (χ3n) is 5.76. The first-order chi connectivity index (χ1) is 16.0. The van der Waals surface area contributed by atoms with Crippen LogP contribution in [0.5, 0.6) is 5.75 Å². The number of anilines is 2. The van der Waals surface area contributed by atoms with Crippen molar-refractivity contribution < 1.29 is 9.53 Å². The summed E-state index contributed by atoms with van der Waals surface area (Å²) in [7, 11) is 0. The molecule has 0 aromatic heterocycles. The van der Waals surface area contributed by atoms with Gasteiger partial charge in [0, 0.05) is 31.1 Å². The standard InChI is InChI=1S/C25H28N4O2S2/c26-24(30)29(33)20-10-7-11-21(18-20)31-17-5-1-4-14-27-15-16-28(25(27)32)23-13-6-9-19-8-2-3-12-22(19)23/h2-3,6-13,18,33H,1,4-5,14-17H2,(H2,26,30). The molecule has 0 unspecified atom stereocenters. The molecule has 6 nitrogen and oxygen atoms in total. The number of amides is 2. The van der Waals surface area contributed by atoms with Crippen LogP contribution >= 0.6 is 25.0 Å². The molecule has 0 spiro atoms. The molecule has 1 fully saturated rings. The number of hydrogen-bond donors (Lipinski definition) is 2. The Kier molecular flexibility index (Phi) is 7.57. The van der Waals surface area contributed by atoms with Gasteiger partial charge in [-0.1, -0.05) is 55.3 Å². The molecular formula is C25H28N4O2S2. The second kappa shape index (κ2) is 10.8. The van der Waals surface area contributed by atoms with Crippen LogP contribution in [-0.2, 0) is 0 Å². The average molecular weight is 481 g/mol. The number of urea groups is 1. The summed E-state index contributed by atoms with van der Waals surface area (Å²) in [6.07, 6.45) is 3.05. The number of benzene rings is 3. The summed E-state index contributed by atoms with van der Waals surface area (Å²) < 4.78 is 6.92. The van der Waals surface area contributed by atoms with E-state index in [1.165, 1.54) is 16.5 Å². The molecule has 0 saturated carbocycles. The van der Waals surface area contributed by atoms with Gasteiger partial charge in [-0.25, -0.2) is 9.10 Å². The Bertz CT molecular complexity index is 1130. The van der Waals surface area contributed by atoms with Crippen LogP contribution in [0.2, 0.25) is 0 Å². The third-order valence-corrected chi connectivity index (χ3v) is 6.67. The molecule has 2 amide bonds. The number of hydrogen-bond acceptors (Lipinski definition) is 4. The molecule has 0 atom stereocenters. The van der Waals surface area contributed by atoms with Crippen LogP contribution in [0.3, 0.4) is 0 Å². The SMILES string of the molecule is NC(=O)N(S)c1cccc(OCCCCCN2CCN(c3cccc4ccccc34)C2=S)c1. The Labute approximate surface area is 205 Å². The summed E-state index contributed by atoms with van der Waals surface area (Å²) in [5.41, 5.74) is 7.03. The van der Waals surface area contributed by atoms with E-state index in [9.17, 15) is 4.79 Å². The average Bonchev–Trinajstić information content (AvgIpc) is 3.20. The number of nitrogens with two attached hydrogens (primary N) is 1. The van der Waals surface area contributed by atoms with E-state index in [4.69, 9.17) is 22.7 Å². The van der Waals surface area contributed by atoms with Gasteiger partial charge in [0.1, 0.15) is 5.75 Å². The number of carbonyl (C=O) groups is 1. The fraction of sp³-hybridized carbons (Fsp3) is 0.280. The first kappa shape index (κ1) is 23.2. The van der Waals surface area contributed by atoms with Crippen molar-refractivity contribution in [1.82, 2.24) is 4.90 Å². The molecule has 0 bridgehead atoms. The molecule has 172 valence electrons. The van der Waals surface area contributed by atoms with Crippen LogP contribution in [0, 0.1) is 0 Å². The van der Waals surface area contributed by atoms with Crippen molar-refractivity contribution in [3.8, 4) is 5.75 Å². The first-order valence-electron chi connectivity index (χ1n) is 11.1. The monoisotopic (exact) mass is 480 g/mol. The minimum absolute atomic E-state index is 0.585. The van der Waals surface area contributed by atoms with Gasteiger partial charge in [0.05, 0.1) is 18.0 Å². The third kappa shape index (κ3) is 5.51. The van der Waals surface area contributed by atoms with Crippen LogP contribution in [0.25, 0.3) is 10.8 Å². The molecule has 3 aromatic rings. The molecule has 3 aromatic carbocycles. The van der Waals surface area contributed by atoms with Gasteiger partial charge in [-0.05, 0) is 55.1 Å². The van der Waals surface area contributed by atoms with Gasteiger partial charge in [-0.2, -0.15) is 0 Å². The normalized spacial score (nSPS) is 13.5. The van der Waals surface area contributed by atoms with Crippen molar-refractivity contribution in [3.63, 3.8) is 0 Å². The summed E-state index contributed by atoms with van der Waals surface area (Å²) in [6, 6.07) is 21.4. The lowest BCUT2D eigenvalue weighted by atomic mass is 10.1. The number of fused-ring (bicyclic) bond motifs is 1. The van der Waals surface area contributed by atoms with Crippen molar-refractivity contribution in [3.05, 3.63) is 66.7 Å². The van der Waals surface area contributed by atoms with Crippen molar-refractivity contribution in [2.75, 3.05) is 35.4 Å². The van der Waals surface area contributed by atoms with Gasteiger partial charge in [-0.15, -0.1) is 0 Å². The zero-order chi connectivity index (χ0) is 23.2. The van der Waals surface area contributed by atoms with E-state index in [1.54, 1.807) is 12.1 Å². The Morgan fingerprint density at radius 2 is 1.82 bits per heavy atom. The van der Waals surface area contributed by atoms with E-state index in [0.717, 1.165) is 48.3 Å². The highest BCUT2D eigenvalue weighted by molar-refractivity contribution is 7.82. The number of thiocarbonyl (C=S) groups is 1. The molecular weight excluding hydrogens is 452 g/mol. The summed E-state index contributed by atoms with van der Waals surface area (Å²) in [6.45, 7) is 3.42. The molecule has 0 radical (unpaired) electrons. The number of nitrogens with zero attached hydrogens (tertiary/aromatic N) is 3. The molecule has 8 heteroatoms. The lowest BCUT2D eigenvalue weighted by Gasteiger charge is -2.23. The second-order valence-corrected chi connectivity index (χ2v) is 8.74. The highest BCUT2D eigenvalue weighted by Crippen LogP contribution is 2.29. The van der Waals surface area contributed by atoms with E-state index in [0.29, 0.717) is 18.0 Å². The lowest BCUT2D eigenvalue weighted by molar-refractivity contribution is 0.257. The molecule has 1 aliphatic rings. The number of thiol groups is 1. The quantitative estimate of drug-likeness (QED) is 0.250. The predicted octanol–water partition coefficient (Wildman–Crippen LogP) is 5.23. The lowest BCUT2D eigenvalue weighted by Crippen LogP contribution is -2.32. The number of rotatable bonds is 9. The van der Waals surface area contributed by atoms with Crippen molar-refractivity contribution in [1.29, 1.82) is 0 Å². The van der Waals surface area contributed by atoms with Crippen LogP contribution < -0.4 is 19.7 Å². The van der Waals surface area contributed by atoms with Gasteiger partial charge in [0.15, 0.2) is 5.11 Å². The Morgan fingerprint density at radius 1 is 1.03 bits per heavy atom. The van der Waals surface area contributed by atoms with Crippen molar-refractivity contribution >= 4 is 58.3 Å². The van der Waals surface area contributed by atoms with Crippen LogP contribution in [-0.4, -0.2) is 42.3 Å². The Hall–Kier alpha value is -2.97. The van der Waals surface area contributed by atoms with Crippen LogP contribution in [0.15, 0.2) is 66.7 Å². The molecule has 1 heterocycles. The molecule has 0 aliphatic carbocycles. The maximum atomic E-state index is 11.2. The molecule has 4 rings (SSSR count). The van der Waals surface area contributed by atoms with Gasteiger partial charge < -0.3 is 20.3 Å². The maximum absolute atomic E-state index is 11.2. The topological polar surface area (TPSA) is 62.0 Å². The van der Waals surface area contributed by atoms with Crippen molar-refractivity contribution in [2.45, 2.75) is 19.3 Å². The Morgan fingerprint density at radius 3 is 2.67 bits per heavy atom. The highest BCUT2D eigenvalue weighted by Gasteiger charge is 2.26. The summed E-state index contributed by atoms with van der Waals surface area (Å²) in [5.74, 6) is 0.694. The maximum Gasteiger partial charge on any atom is 0.329 e. The van der Waals surface area contributed by atoms with E-state index < -0.39 is 6.03 Å². The smallest absolute Gasteiger partial charge is 0.329 e. The molecule has 1 aliphatic heterocycles. The summed E-state index contributed by atoms with van der Waals surface area (Å²) in [4.78, 5) is 15.8. The zero-order valence-corrected chi connectivity index (χ0v) is 20.1. The zero-order valence-electron chi connectivity index (χ0n) is 18.4. The minimum Gasteiger partial charge on any atom is -0.494 e. The van der Waals surface area contributed by atoms with Gasteiger partial charge in [0.2, 0.25) is 0 Å². The first-order valence-corrected chi connectivity index (χ1v) is 11.9. The molecule has 1 saturated heterocycles. The van der Waals surface area contributed by atoms with Gasteiger partial charge in [-0.3, -0.25) is 0 Å². The number of carbonyl (C=O) groups excluding carboxylic acids is 1. The molecule has 2 N–H and O–H groups in total. The van der Waals surface area contributed by atoms with Gasteiger partial charge >= 0.3 is 6.03 Å². The largest absolute Gasteiger partial charge is 0.494 e. The highest BCUT2D eigenvalue weighted by atomic mass is 32.1. The number of ether oxygens (including phenoxy) is 1. The van der Waals surface area contributed by atoms with E-state index >= 15 is 0 Å². The summed E-state index contributed by atoms with van der Waals surface area (Å²) in [5, 5.41) is 3.38. The fourth-order valence-corrected chi connectivity index (χ4v) is 4.56. The van der Waals surface area contributed by atoms with Crippen LogP contribution in [0.4, 0.5) is 16.2 Å². The number of primary amides is 1. The van der Waals surface area contributed by atoms with Crippen LogP contribution in [0.1, 0.15) is 19.3 Å². The number of unbranched alkanes of at least 4 members (excludes halogenated alkanes) is 2. The van der Waals surface area contributed by atoms with Crippen molar-refractivity contribution in [2.24, 2.45) is 5.73 Å². The van der Waals surface area contributed by atoms with E-state index in [1.807, 2.05) is 12.1 Å². The fourth-order valence-electron chi connectivity index (χ4n) is 4.06.